The minimum absolute atomic E-state index is 0.345. The predicted molar refractivity (Wildman–Crippen MR) is 102 cm³/mol. The lowest BCUT2D eigenvalue weighted by Crippen LogP contribution is -2.47. The Kier molecular flexibility index (Phi) is 5.85. The molecule has 0 bridgehead atoms. The average Bonchev–Trinajstić information content (AvgIpc) is 2.54. The smallest absolute Gasteiger partial charge is 0.248 e. The maximum Gasteiger partial charge on any atom is 0.248 e. The molecule has 6 heteroatoms. The third kappa shape index (κ3) is 4.60. The maximum absolute atomic E-state index is 12.8. The van der Waals surface area contributed by atoms with Crippen molar-refractivity contribution in [3.63, 3.8) is 0 Å². The van der Waals surface area contributed by atoms with Crippen molar-refractivity contribution in [1.29, 1.82) is 0 Å². The number of hydrogen-bond acceptors (Lipinski definition) is 3. The molecule has 1 atom stereocenters. The summed E-state index contributed by atoms with van der Waals surface area (Å²) in [6, 6.07) is 13.7. The molecule has 1 N–H and O–H groups in total. The zero-order chi connectivity index (χ0) is 18.6. The van der Waals surface area contributed by atoms with E-state index in [0.29, 0.717) is 17.8 Å². The monoisotopic (exact) mass is 360 g/mol. The van der Waals surface area contributed by atoms with Gasteiger partial charge in [-0.1, -0.05) is 42.8 Å². The van der Waals surface area contributed by atoms with E-state index in [1.807, 2.05) is 44.2 Å². The summed E-state index contributed by atoms with van der Waals surface area (Å²) in [4.78, 5) is 12.8. The topological polar surface area (TPSA) is 66.5 Å². The molecule has 0 saturated carbocycles. The lowest BCUT2D eigenvalue weighted by Gasteiger charge is -2.30. The molecule has 0 heterocycles. The van der Waals surface area contributed by atoms with E-state index in [2.05, 4.69) is 5.32 Å². The molecule has 0 aromatic heterocycles. The van der Waals surface area contributed by atoms with Gasteiger partial charge in [-0.3, -0.25) is 9.10 Å². The molecule has 0 aliphatic carbocycles. The first kappa shape index (κ1) is 19.0. The summed E-state index contributed by atoms with van der Waals surface area (Å²) in [7, 11) is -3.62. The van der Waals surface area contributed by atoms with E-state index >= 15 is 0 Å². The molecule has 0 aliphatic heterocycles. The highest BCUT2D eigenvalue weighted by atomic mass is 32.2. The predicted octanol–water partition coefficient (Wildman–Crippen LogP) is 3.49. The van der Waals surface area contributed by atoms with Crippen molar-refractivity contribution in [3.05, 3.63) is 59.7 Å². The van der Waals surface area contributed by atoms with Gasteiger partial charge in [-0.2, -0.15) is 0 Å². The van der Waals surface area contributed by atoms with Crippen LogP contribution >= 0.6 is 0 Å². The molecule has 0 saturated heterocycles. The third-order valence-electron chi connectivity index (χ3n) is 4.02. The Morgan fingerprint density at radius 1 is 1.08 bits per heavy atom. The summed E-state index contributed by atoms with van der Waals surface area (Å²) < 4.78 is 26.0. The molecule has 2 aromatic carbocycles. The van der Waals surface area contributed by atoms with Crippen LogP contribution in [0.3, 0.4) is 0 Å². The van der Waals surface area contributed by atoms with Gasteiger partial charge in [0.1, 0.15) is 6.04 Å². The first-order chi connectivity index (χ1) is 11.7. The van der Waals surface area contributed by atoms with Crippen LogP contribution in [0.1, 0.15) is 24.5 Å². The number of carbonyl (C=O) groups is 1. The molecular weight excluding hydrogens is 336 g/mol. The van der Waals surface area contributed by atoms with E-state index in [9.17, 15) is 13.2 Å². The van der Waals surface area contributed by atoms with E-state index in [-0.39, 0.29) is 5.91 Å². The van der Waals surface area contributed by atoms with Gasteiger partial charge in [0, 0.05) is 5.69 Å². The molecule has 134 valence electrons. The van der Waals surface area contributed by atoms with Gasteiger partial charge < -0.3 is 5.32 Å². The van der Waals surface area contributed by atoms with Crippen molar-refractivity contribution in [2.24, 2.45) is 0 Å². The standard InChI is InChI=1S/C19H24N2O3S/c1-5-18(19(22)20-17-9-7-6-8-15(17)3)21(25(4,23)24)16-12-10-14(2)11-13-16/h6-13,18H,5H2,1-4H3,(H,20,22). The Morgan fingerprint density at radius 2 is 1.68 bits per heavy atom. The summed E-state index contributed by atoms with van der Waals surface area (Å²) in [6.45, 7) is 5.62. The van der Waals surface area contributed by atoms with Gasteiger partial charge in [-0.15, -0.1) is 0 Å². The van der Waals surface area contributed by atoms with Gasteiger partial charge >= 0.3 is 0 Å². The molecule has 0 aliphatic rings. The molecular formula is C19H24N2O3S. The molecule has 5 nitrogen and oxygen atoms in total. The van der Waals surface area contributed by atoms with Gasteiger partial charge in [0.2, 0.25) is 15.9 Å². The number of rotatable bonds is 6. The molecule has 0 spiro atoms. The normalized spacial score (nSPS) is 12.5. The van der Waals surface area contributed by atoms with Crippen LogP contribution in [-0.2, 0) is 14.8 Å². The lowest BCUT2D eigenvalue weighted by molar-refractivity contribution is -0.117. The minimum atomic E-state index is -3.62. The fraction of sp³-hybridized carbons (Fsp3) is 0.316. The molecule has 0 radical (unpaired) electrons. The fourth-order valence-corrected chi connectivity index (χ4v) is 3.89. The van der Waals surface area contributed by atoms with E-state index in [0.717, 1.165) is 17.4 Å². The Hall–Kier alpha value is -2.34. The van der Waals surface area contributed by atoms with E-state index in [4.69, 9.17) is 0 Å². The summed E-state index contributed by atoms with van der Waals surface area (Å²) in [5.41, 5.74) is 3.12. The summed E-state index contributed by atoms with van der Waals surface area (Å²) in [5.74, 6) is -0.345. The quantitative estimate of drug-likeness (QED) is 0.857. The van der Waals surface area contributed by atoms with Gasteiger partial charge in [0.25, 0.3) is 0 Å². The largest absolute Gasteiger partial charge is 0.324 e. The SMILES string of the molecule is CCC(C(=O)Nc1ccccc1C)N(c1ccc(C)cc1)S(C)(=O)=O. The maximum atomic E-state index is 12.8. The lowest BCUT2D eigenvalue weighted by atomic mass is 10.1. The highest BCUT2D eigenvalue weighted by Crippen LogP contribution is 2.24. The zero-order valence-electron chi connectivity index (χ0n) is 15.0. The zero-order valence-corrected chi connectivity index (χ0v) is 15.8. The van der Waals surface area contributed by atoms with Gasteiger partial charge in [-0.25, -0.2) is 8.42 Å². The summed E-state index contributed by atoms with van der Waals surface area (Å²) in [5, 5.41) is 2.85. The molecule has 25 heavy (non-hydrogen) atoms. The van der Waals surface area contributed by atoms with Crippen molar-refractivity contribution in [1.82, 2.24) is 0 Å². The van der Waals surface area contributed by atoms with Crippen LogP contribution in [0.15, 0.2) is 48.5 Å². The van der Waals surface area contributed by atoms with Gasteiger partial charge in [-0.05, 0) is 44.0 Å². The average molecular weight is 360 g/mol. The molecule has 2 rings (SSSR count). The third-order valence-corrected chi connectivity index (χ3v) is 5.20. The number of amides is 1. The van der Waals surface area contributed by atoms with Crippen LogP contribution in [0.4, 0.5) is 11.4 Å². The van der Waals surface area contributed by atoms with Crippen LogP contribution in [-0.4, -0.2) is 26.6 Å². The molecule has 0 fully saturated rings. The highest BCUT2D eigenvalue weighted by molar-refractivity contribution is 7.92. The van der Waals surface area contributed by atoms with Gasteiger partial charge in [0.05, 0.1) is 11.9 Å². The number of sulfonamides is 1. The number of nitrogens with one attached hydrogen (secondary N) is 1. The van der Waals surface area contributed by atoms with Crippen LogP contribution in [0, 0.1) is 13.8 Å². The summed E-state index contributed by atoms with van der Waals surface area (Å²) in [6.07, 6.45) is 1.48. The van der Waals surface area contributed by atoms with Crippen LogP contribution < -0.4 is 9.62 Å². The number of carbonyl (C=O) groups excluding carboxylic acids is 1. The van der Waals surface area contributed by atoms with E-state index in [1.54, 1.807) is 25.1 Å². The Labute approximate surface area is 149 Å². The fourth-order valence-electron chi connectivity index (χ4n) is 2.68. The number of benzene rings is 2. The minimum Gasteiger partial charge on any atom is -0.324 e. The first-order valence-electron chi connectivity index (χ1n) is 8.16. The Morgan fingerprint density at radius 3 is 2.20 bits per heavy atom. The van der Waals surface area contributed by atoms with Crippen LogP contribution in [0.25, 0.3) is 0 Å². The highest BCUT2D eigenvalue weighted by Gasteiger charge is 2.31. The second kappa shape index (κ2) is 7.70. The number of nitrogens with zero attached hydrogens (tertiary/aromatic N) is 1. The number of para-hydroxylation sites is 1. The summed E-state index contributed by atoms with van der Waals surface area (Å²) >= 11 is 0. The van der Waals surface area contributed by atoms with Crippen LogP contribution in [0.2, 0.25) is 0 Å². The van der Waals surface area contributed by atoms with Crippen molar-refractivity contribution < 1.29 is 13.2 Å². The van der Waals surface area contributed by atoms with E-state index in [1.165, 1.54) is 4.31 Å². The van der Waals surface area contributed by atoms with Crippen molar-refractivity contribution >= 4 is 27.3 Å². The Balaban J connectivity index is 2.38. The van der Waals surface area contributed by atoms with Crippen molar-refractivity contribution in [3.8, 4) is 0 Å². The van der Waals surface area contributed by atoms with Gasteiger partial charge in [0.15, 0.2) is 0 Å². The van der Waals surface area contributed by atoms with Crippen molar-refractivity contribution in [2.75, 3.05) is 15.9 Å². The first-order valence-corrected chi connectivity index (χ1v) is 10.0. The molecule has 1 amide bonds. The number of aryl methyl sites for hydroxylation is 2. The van der Waals surface area contributed by atoms with Crippen molar-refractivity contribution in [2.45, 2.75) is 33.2 Å². The second-order valence-electron chi connectivity index (χ2n) is 6.12. The second-order valence-corrected chi connectivity index (χ2v) is 7.98. The molecule has 2 aromatic rings. The Bertz CT molecular complexity index is 845. The number of hydrogen-bond donors (Lipinski definition) is 1. The molecule has 1 unspecified atom stereocenters. The number of anilines is 2. The van der Waals surface area contributed by atoms with E-state index < -0.39 is 16.1 Å². The van der Waals surface area contributed by atoms with Crippen LogP contribution in [0.5, 0.6) is 0 Å².